The number of amides is 1. The second-order valence-corrected chi connectivity index (χ2v) is 4.94. The Kier molecular flexibility index (Phi) is 2.64. The Balaban J connectivity index is 2.46. The zero-order valence-electron chi connectivity index (χ0n) is 10.0. The maximum atomic E-state index is 11.6. The molecule has 0 unspecified atom stereocenters. The van der Waals surface area contributed by atoms with Crippen molar-refractivity contribution in [3.8, 4) is 6.19 Å². The molecule has 0 radical (unpaired) electrons. The predicted molar refractivity (Wildman–Crippen MR) is 65.3 cm³/mol. The summed E-state index contributed by atoms with van der Waals surface area (Å²) in [6, 6.07) is 5.75. The van der Waals surface area contributed by atoms with Gasteiger partial charge >= 0.3 is 0 Å². The van der Waals surface area contributed by atoms with Gasteiger partial charge in [-0.3, -0.25) is 4.79 Å². The fraction of sp³-hybridized carbons (Fsp3) is 0.385. The number of nitrogens with zero attached hydrogens (tertiary/aromatic N) is 2. The number of hydrogen-bond donors (Lipinski definition) is 1. The predicted octanol–water partition coefficient (Wildman–Crippen LogP) is 1.29. The summed E-state index contributed by atoms with van der Waals surface area (Å²) in [5.41, 5.74) is 8.34. The molecular weight excluding hydrogens is 214 g/mol. The first-order valence-electron chi connectivity index (χ1n) is 5.56. The SMILES string of the molecule is CC(C)(CN)c1ccc2c(c1)CC(=O)N2C#N. The van der Waals surface area contributed by atoms with Gasteiger partial charge in [0.1, 0.15) is 0 Å². The minimum Gasteiger partial charge on any atom is -0.330 e. The highest BCUT2D eigenvalue weighted by Gasteiger charge is 2.29. The summed E-state index contributed by atoms with van der Waals surface area (Å²) in [4.78, 5) is 12.7. The van der Waals surface area contributed by atoms with Crippen LogP contribution in [0.1, 0.15) is 25.0 Å². The summed E-state index contributed by atoms with van der Waals surface area (Å²) in [5.74, 6) is -0.162. The molecule has 0 aromatic heterocycles. The molecule has 0 aliphatic carbocycles. The van der Waals surface area contributed by atoms with E-state index < -0.39 is 0 Å². The molecule has 0 spiro atoms. The zero-order chi connectivity index (χ0) is 12.6. The third-order valence-corrected chi connectivity index (χ3v) is 3.30. The number of carbonyl (C=O) groups excluding carboxylic acids is 1. The van der Waals surface area contributed by atoms with E-state index in [9.17, 15) is 4.79 Å². The average Bonchev–Trinajstić information content (AvgIpc) is 2.63. The van der Waals surface area contributed by atoms with Crippen LogP contribution in [0.3, 0.4) is 0 Å². The van der Waals surface area contributed by atoms with Crippen LogP contribution in [0.25, 0.3) is 0 Å². The minimum absolute atomic E-state index is 0.113. The van der Waals surface area contributed by atoms with Crippen molar-refractivity contribution in [2.45, 2.75) is 25.7 Å². The van der Waals surface area contributed by atoms with Crippen LogP contribution in [-0.2, 0) is 16.6 Å². The van der Waals surface area contributed by atoms with Crippen LogP contribution in [0, 0.1) is 11.5 Å². The molecule has 1 aromatic carbocycles. The van der Waals surface area contributed by atoms with Crippen molar-refractivity contribution in [3.63, 3.8) is 0 Å². The standard InChI is InChI=1S/C13H15N3O/c1-13(2,7-14)10-3-4-11-9(5-10)6-12(17)16(11)8-15/h3-5H,6-7,14H2,1-2H3. The average molecular weight is 229 g/mol. The van der Waals surface area contributed by atoms with Crippen molar-refractivity contribution in [3.05, 3.63) is 29.3 Å². The zero-order valence-corrected chi connectivity index (χ0v) is 10.0. The first kappa shape index (κ1) is 11.6. The lowest BCUT2D eigenvalue weighted by Gasteiger charge is -2.23. The molecule has 0 saturated heterocycles. The molecule has 0 fully saturated rings. The van der Waals surface area contributed by atoms with Crippen LogP contribution in [0.2, 0.25) is 0 Å². The van der Waals surface area contributed by atoms with E-state index >= 15 is 0 Å². The lowest BCUT2D eigenvalue weighted by atomic mass is 9.84. The maximum absolute atomic E-state index is 11.6. The lowest BCUT2D eigenvalue weighted by Crippen LogP contribution is -2.28. The molecule has 1 aliphatic heterocycles. The minimum atomic E-state index is -0.162. The molecule has 1 heterocycles. The van der Waals surface area contributed by atoms with Gasteiger partial charge in [0.25, 0.3) is 0 Å². The summed E-state index contributed by atoms with van der Waals surface area (Å²) < 4.78 is 0. The highest BCUT2D eigenvalue weighted by Crippen LogP contribution is 2.32. The van der Waals surface area contributed by atoms with Crippen molar-refractivity contribution in [1.29, 1.82) is 5.26 Å². The van der Waals surface area contributed by atoms with E-state index in [1.54, 1.807) is 0 Å². The molecule has 2 N–H and O–H groups in total. The molecule has 1 aromatic rings. The van der Waals surface area contributed by atoms with Gasteiger partial charge in [0.15, 0.2) is 6.19 Å². The number of nitrogens with two attached hydrogens (primary N) is 1. The molecule has 1 aliphatic rings. The van der Waals surface area contributed by atoms with Crippen LogP contribution in [0.4, 0.5) is 5.69 Å². The Hall–Kier alpha value is -1.86. The first-order chi connectivity index (χ1) is 7.99. The Morgan fingerprint density at radius 3 is 2.82 bits per heavy atom. The second kappa shape index (κ2) is 3.86. The van der Waals surface area contributed by atoms with Gasteiger partial charge in [-0.15, -0.1) is 0 Å². The van der Waals surface area contributed by atoms with E-state index in [0.717, 1.165) is 16.0 Å². The summed E-state index contributed by atoms with van der Waals surface area (Å²) in [6.45, 7) is 4.67. The van der Waals surface area contributed by atoms with Crippen LogP contribution in [0.5, 0.6) is 0 Å². The Morgan fingerprint density at radius 2 is 2.24 bits per heavy atom. The molecule has 88 valence electrons. The molecule has 17 heavy (non-hydrogen) atoms. The van der Waals surface area contributed by atoms with E-state index in [-0.39, 0.29) is 11.3 Å². The van der Waals surface area contributed by atoms with E-state index in [1.807, 2.05) is 24.4 Å². The number of nitriles is 1. The van der Waals surface area contributed by atoms with Gasteiger partial charge in [0.05, 0.1) is 12.1 Å². The van der Waals surface area contributed by atoms with Crippen molar-refractivity contribution in [2.75, 3.05) is 11.4 Å². The third-order valence-electron chi connectivity index (χ3n) is 3.30. The van der Waals surface area contributed by atoms with Crippen LogP contribution < -0.4 is 10.6 Å². The van der Waals surface area contributed by atoms with Crippen molar-refractivity contribution >= 4 is 11.6 Å². The van der Waals surface area contributed by atoms with E-state index in [2.05, 4.69) is 13.8 Å². The number of rotatable bonds is 2. The van der Waals surface area contributed by atoms with Crippen LogP contribution >= 0.6 is 0 Å². The molecule has 0 bridgehead atoms. The summed E-state index contributed by atoms with van der Waals surface area (Å²) in [5, 5.41) is 8.89. The van der Waals surface area contributed by atoms with Gasteiger partial charge in [-0.1, -0.05) is 26.0 Å². The smallest absolute Gasteiger partial charge is 0.244 e. The second-order valence-electron chi connectivity index (χ2n) is 4.94. The third kappa shape index (κ3) is 1.79. The van der Waals surface area contributed by atoms with Crippen molar-refractivity contribution < 1.29 is 4.79 Å². The molecule has 4 heteroatoms. The van der Waals surface area contributed by atoms with Crippen LogP contribution in [0.15, 0.2) is 18.2 Å². The fourth-order valence-electron chi connectivity index (χ4n) is 1.97. The number of benzene rings is 1. The topological polar surface area (TPSA) is 70.1 Å². The highest BCUT2D eigenvalue weighted by molar-refractivity contribution is 6.03. The van der Waals surface area contributed by atoms with Gasteiger partial charge < -0.3 is 5.73 Å². The van der Waals surface area contributed by atoms with E-state index in [4.69, 9.17) is 11.0 Å². The Bertz CT molecular complexity index is 514. The lowest BCUT2D eigenvalue weighted by molar-refractivity contribution is -0.116. The molecular formula is C13H15N3O. The fourth-order valence-corrected chi connectivity index (χ4v) is 1.97. The number of anilines is 1. The monoisotopic (exact) mass is 229 g/mol. The van der Waals surface area contributed by atoms with Gasteiger partial charge in [0.2, 0.25) is 5.91 Å². The first-order valence-corrected chi connectivity index (χ1v) is 5.56. The molecule has 0 atom stereocenters. The molecule has 2 rings (SSSR count). The molecule has 4 nitrogen and oxygen atoms in total. The maximum Gasteiger partial charge on any atom is 0.244 e. The van der Waals surface area contributed by atoms with Gasteiger partial charge in [-0.25, -0.2) is 4.90 Å². The summed E-state index contributed by atoms with van der Waals surface area (Å²) in [6.07, 6.45) is 2.20. The normalized spacial score (nSPS) is 14.7. The van der Waals surface area contributed by atoms with Gasteiger partial charge in [-0.2, -0.15) is 5.26 Å². The van der Waals surface area contributed by atoms with E-state index in [1.165, 1.54) is 0 Å². The Labute approximate surface area is 101 Å². The largest absolute Gasteiger partial charge is 0.330 e. The van der Waals surface area contributed by atoms with Gasteiger partial charge in [0, 0.05) is 12.0 Å². The Morgan fingerprint density at radius 1 is 1.53 bits per heavy atom. The molecule has 1 amide bonds. The molecule has 0 saturated carbocycles. The van der Waals surface area contributed by atoms with Crippen LogP contribution in [-0.4, -0.2) is 12.5 Å². The summed E-state index contributed by atoms with van der Waals surface area (Å²) >= 11 is 0. The highest BCUT2D eigenvalue weighted by atomic mass is 16.2. The number of carbonyl (C=O) groups is 1. The van der Waals surface area contributed by atoms with Gasteiger partial charge in [-0.05, 0) is 17.2 Å². The number of hydrogen-bond acceptors (Lipinski definition) is 3. The van der Waals surface area contributed by atoms with Crippen molar-refractivity contribution in [1.82, 2.24) is 0 Å². The summed E-state index contributed by atoms with van der Waals surface area (Å²) in [7, 11) is 0. The quantitative estimate of drug-likeness (QED) is 0.777. The van der Waals surface area contributed by atoms with Crippen molar-refractivity contribution in [2.24, 2.45) is 5.73 Å². The number of fused-ring (bicyclic) bond motifs is 1. The van der Waals surface area contributed by atoms with E-state index in [0.29, 0.717) is 18.7 Å².